The fourth-order valence-electron chi connectivity index (χ4n) is 0.974. The third kappa shape index (κ3) is 2.01. The molecule has 1 rings (SSSR count). The van der Waals surface area contributed by atoms with Crippen molar-refractivity contribution >= 4 is 5.69 Å². The molecule has 0 N–H and O–H groups in total. The number of alkyl halides is 2. The third-order valence-corrected chi connectivity index (χ3v) is 1.64. The summed E-state index contributed by atoms with van der Waals surface area (Å²) in [5.74, 6) is -4.61. The summed E-state index contributed by atoms with van der Waals surface area (Å²) >= 11 is 0. The van der Waals surface area contributed by atoms with E-state index in [4.69, 9.17) is 0 Å². The molecule has 6 heteroatoms. The Morgan fingerprint density at radius 3 is 2.36 bits per heavy atom. The van der Waals surface area contributed by atoms with E-state index in [-0.39, 0.29) is 0 Å². The lowest BCUT2D eigenvalue weighted by molar-refractivity contribution is -0.385. The van der Waals surface area contributed by atoms with Crippen LogP contribution in [0.25, 0.3) is 0 Å². The molecule has 0 atom stereocenters. The van der Waals surface area contributed by atoms with Gasteiger partial charge in [-0.15, -0.1) is 0 Å². The van der Waals surface area contributed by atoms with Gasteiger partial charge in [-0.2, -0.15) is 0 Å². The Hall–Kier alpha value is -1.59. The van der Waals surface area contributed by atoms with Gasteiger partial charge in [-0.3, -0.25) is 10.1 Å². The van der Waals surface area contributed by atoms with E-state index >= 15 is 0 Å². The van der Waals surface area contributed by atoms with E-state index in [0.717, 1.165) is 6.07 Å². The van der Waals surface area contributed by atoms with E-state index in [1.54, 1.807) is 0 Å². The van der Waals surface area contributed by atoms with E-state index in [0.29, 0.717) is 19.1 Å². The van der Waals surface area contributed by atoms with E-state index in [1.807, 2.05) is 0 Å². The smallest absolute Gasteiger partial charge is 0.258 e. The molecule has 1 aromatic rings. The molecule has 0 aliphatic heterocycles. The monoisotopic (exact) mass is 205 g/mol. The molecule has 0 unspecified atom stereocenters. The van der Waals surface area contributed by atoms with Crippen LogP contribution < -0.4 is 0 Å². The first-order chi connectivity index (χ1) is 6.32. The predicted octanol–water partition coefficient (Wildman–Crippen LogP) is 2.85. The molecule has 0 saturated carbocycles. The molecular weight excluding hydrogens is 199 g/mol. The molecule has 0 bridgehead atoms. The van der Waals surface area contributed by atoms with Crippen molar-refractivity contribution in [3.05, 3.63) is 39.7 Å². The summed E-state index contributed by atoms with van der Waals surface area (Å²) in [6.45, 7) is 0.525. The van der Waals surface area contributed by atoms with Gasteiger partial charge >= 0.3 is 0 Å². The number of halogens is 3. The van der Waals surface area contributed by atoms with Gasteiger partial charge in [0.25, 0.3) is 11.6 Å². The lowest BCUT2D eigenvalue weighted by Gasteiger charge is -2.10. The van der Waals surface area contributed by atoms with Gasteiger partial charge in [0, 0.05) is 13.0 Å². The van der Waals surface area contributed by atoms with Crippen molar-refractivity contribution in [3.63, 3.8) is 0 Å². The molecule has 0 aromatic heterocycles. The Morgan fingerprint density at radius 2 is 2.00 bits per heavy atom. The lowest BCUT2D eigenvalue weighted by Crippen LogP contribution is -2.09. The quantitative estimate of drug-likeness (QED) is 0.550. The van der Waals surface area contributed by atoms with Gasteiger partial charge in [-0.25, -0.2) is 13.2 Å². The highest BCUT2D eigenvalue weighted by atomic mass is 19.3. The van der Waals surface area contributed by atoms with Crippen molar-refractivity contribution in [1.82, 2.24) is 0 Å². The molecule has 76 valence electrons. The zero-order valence-electron chi connectivity index (χ0n) is 7.13. The van der Waals surface area contributed by atoms with Gasteiger partial charge in [0.05, 0.1) is 16.6 Å². The van der Waals surface area contributed by atoms with Crippen LogP contribution in [0.3, 0.4) is 0 Å². The Bertz CT molecular complexity index is 373. The van der Waals surface area contributed by atoms with Crippen LogP contribution in [0.4, 0.5) is 18.9 Å². The molecule has 0 spiro atoms. The van der Waals surface area contributed by atoms with Crippen LogP contribution in [-0.4, -0.2) is 4.92 Å². The average Bonchev–Trinajstić information content (AvgIpc) is 2.01. The zero-order valence-corrected chi connectivity index (χ0v) is 7.13. The average molecular weight is 205 g/mol. The summed E-state index contributed by atoms with van der Waals surface area (Å²) in [6, 6.07) is 2.04. The van der Waals surface area contributed by atoms with Crippen molar-refractivity contribution in [1.29, 1.82) is 0 Å². The van der Waals surface area contributed by atoms with Crippen LogP contribution >= 0.6 is 0 Å². The summed E-state index contributed by atoms with van der Waals surface area (Å²) < 4.78 is 38.2. The van der Waals surface area contributed by atoms with Gasteiger partial charge in [0.15, 0.2) is 0 Å². The summed E-state index contributed by atoms with van der Waals surface area (Å²) in [5, 5.41) is 10.2. The standard InChI is InChI=1S/C8H6F3NO2/c1-8(10,11)6-3-2-5(12(13)14)4-7(6)9/h2-4H,1H3. The Labute approximate surface area is 77.3 Å². The fourth-order valence-corrected chi connectivity index (χ4v) is 0.974. The summed E-state index contributed by atoms with van der Waals surface area (Å²) in [5.41, 5.74) is -1.39. The van der Waals surface area contributed by atoms with Crippen LogP contribution in [0.5, 0.6) is 0 Å². The number of non-ortho nitro benzene ring substituents is 1. The second-order valence-corrected chi connectivity index (χ2v) is 2.81. The van der Waals surface area contributed by atoms with Gasteiger partial charge < -0.3 is 0 Å². The van der Waals surface area contributed by atoms with E-state index < -0.39 is 27.9 Å². The minimum absolute atomic E-state index is 0.479. The highest BCUT2D eigenvalue weighted by Crippen LogP contribution is 2.30. The molecule has 0 heterocycles. The number of nitro benzene ring substituents is 1. The first-order valence-electron chi connectivity index (χ1n) is 3.64. The van der Waals surface area contributed by atoms with Crippen LogP contribution in [0, 0.1) is 15.9 Å². The molecule has 0 fully saturated rings. The summed E-state index contributed by atoms with van der Waals surface area (Å²) in [7, 11) is 0. The van der Waals surface area contributed by atoms with Crippen LogP contribution in [0.1, 0.15) is 12.5 Å². The van der Waals surface area contributed by atoms with Gasteiger partial charge in [-0.05, 0) is 6.07 Å². The summed E-state index contributed by atoms with van der Waals surface area (Å²) in [6.07, 6.45) is 0. The summed E-state index contributed by atoms with van der Waals surface area (Å²) in [4.78, 5) is 9.32. The van der Waals surface area contributed by atoms with E-state index in [9.17, 15) is 23.3 Å². The minimum atomic E-state index is -3.33. The lowest BCUT2D eigenvalue weighted by atomic mass is 10.1. The van der Waals surface area contributed by atoms with Crippen LogP contribution in [-0.2, 0) is 5.92 Å². The largest absolute Gasteiger partial charge is 0.273 e. The topological polar surface area (TPSA) is 43.1 Å². The number of hydrogen-bond donors (Lipinski definition) is 0. The van der Waals surface area contributed by atoms with Crippen molar-refractivity contribution in [2.24, 2.45) is 0 Å². The van der Waals surface area contributed by atoms with Crippen molar-refractivity contribution in [2.75, 3.05) is 0 Å². The van der Waals surface area contributed by atoms with Crippen LogP contribution in [0.15, 0.2) is 18.2 Å². The maximum Gasteiger partial charge on any atom is 0.273 e. The number of nitro groups is 1. The van der Waals surface area contributed by atoms with Crippen molar-refractivity contribution in [3.8, 4) is 0 Å². The Balaban J connectivity index is 3.21. The minimum Gasteiger partial charge on any atom is -0.258 e. The van der Waals surface area contributed by atoms with Gasteiger partial charge in [0.1, 0.15) is 5.82 Å². The molecule has 14 heavy (non-hydrogen) atoms. The number of hydrogen-bond acceptors (Lipinski definition) is 2. The molecule has 0 aliphatic carbocycles. The maximum absolute atomic E-state index is 12.9. The predicted molar refractivity (Wildman–Crippen MR) is 42.6 cm³/mol. The third-order valence-electron chi connectivity index (χ3n) is 1.64. The highest BCUT2D eigenvalue weighted by molar-refractivity contribution is 5.35. The number of nitrogens with zero attached hydrogens (tertiary/aromatic N) is 1. The SMILES string of the molecule is CC(F)(F)c1ccc([N+](=O)[O-])cc1F. The zero-order chi connectivity index (χ0) is 10.9. The number of rotatable bonds is 2. The normalized spacial score (nSPS) is 11.4. The van der Waals surface area contributed by atoms with Gasteiger partial charge in [0.2, 0.25) is 0 Å². The van der Waals surface area contributed by atoms with Crippen LogP contribution in [0.2, 0.25) is 0 Å². The maximum atomic E-state index is 12.9. The van der Waals surface area contributed by atoms with E-state index in [2.05, 4.69) is 0 Å². The second kappa shape index (κ2) is 3.28. The Morgan fingerprint density at radius 1 is 1.43 bits per heavy atom. The molecule has 0 amide bonds. The number of benzene rings is 1. The fraction of sp³-hybridized carbons (Fsp3) is 0.250. The molecule has 0 saturated heterocycles. The van der Waals surface area contributed by atoms with Gasteiger partial charge in [-0.1, -0.05) is 0 Å². The molecule has 0 aliphatic rings. The molecule has 1 aromatic carbocycles. The van der Waals surface area contributed by atoms with E-state index in [1.165, 1.54) is 0 Å². The first kappa shape index (κ1) is 10.5. The second-order valence-electron chi connectivity index (χ2n) is 2.81. The highest BCUT2D eigenvalue weighted by Gasteiger charge is 2.29. The Kier molecular flexibility index (Phi) is 2.46. The first-order valence-corrected chi connectivity index (χ1v) is 3.64. The molecule has 0 radical (unpaired) electrons. The van der Waals surface area contributed by atoms with Crippen molar-refractivity contribution < 1.29 is 18.1 Å². The molecule has 3 nitrogen and oxygen atoms in total. The van der Waals surface area contributed by atoms with Crippen molar-refractivity contribution in [2.45, 2.75) is 12.8 Å². The molecular formula is C8H6F3NO2.